The number of pyridine rings is 1. The van der Waals surface area contributed by atoms with Gasteiger partial charge in [0.15, 0.2) is 14.6 Å². The first kappa shape index (κ1) is 24.6. The van der Waals surface area contributed by atoms with Gasteiger partial charge < -0.3 is 9.30 Å². The minimum absolute atomic E-state index is 0.00352. The summed E-state index contributed by atoms with van der Waals surface area (Å²) in [5.41, 5.74) is 4.32. The number of methoxy groups -OCH3 is 1. The molecule has 3 rings (SSSR count). The van der Waals surface area contributed by atoms with Crippen LogP contribution >= 0.6 is 0 Å². The number of aromatic nitrogens is 1. The van der Waals surface area contributed by atoms with Crippen LogP contribution in [0.15, 0.2) is 59.5 Å². The number of carbonyl (C=O) groups excluding carboxylic acids is 1. The molecule has 2 aromatic carbocycles. The Morgan fingerprint density at radius 1 is 1.12 bits per heavy atom. The average Bonchev–Trinajstić information content (AvgIpc) is 2.81. The van der Waals surface area contributed by atoms with Gasteiger partial charge in [-0.15, -0.1) is 0 Å². The molecule has 33 heavy (non-hydrogen) atoms. The van der Waals surface area contributed by atoms with E-state index in [2.05, 4.69) is 12.1 Å². The van der Waals surface area contributed by atoms with Gasteiger partial charge in [0.05, 0.1) is 6.61 Å². The number of sulfone groups is 1. The third kappa shape index (κ3) is 5.16. The molecule has 3 aromatic rings. The number of rotatable bonds is 9. The number of hydroxylamine groups is 1. The molecule has 0 unspecified atom stereocenters. The number of nitrogens with one attached hydrogen (secondary N) is 1. The number of carbonyl (C=O) groups is 1. The van der Waals surface area contributed by atoms with E-state index in [1.54, 1.807) is 25.4 Å². The highest BCUT2D eigenvalue weighted by Crippen LogP contribution is 2.25. The van der Waals surface area contributed by atoms with E-state index in [-0.39, 0.29) is 18.5 Å². The Morgan fingerprint density at radius 3 is 2.39 bits per heavy atom. The molecule has 1 aromatic heterocycles. The second kappa shape index (κ2) is 9.86. The summed E-state index contributed by atoms with van der Waals surface area (Å²) in [5.74, 6) is -1.03. The smallest absolute Gasteiger partial charge is 0.264 e. The van der Waals surface area contributed by atoms with Gasteiger partial charge in [-0.3, -0.25) is 14.8 Å². The third-order valence-corrected chi connectivity index (χ3v) is 8.12. The summed E-state index contributed by atoms with van der Waals surface area (Å²) in [5, 5.41) is 10.2. The first-order valence-electron chi connectivity index (χ1n) is 10.5. The first-order valence-corrected chi connectivity index (χ1v) is 12.4. The number of hydrogen-bond acceptors (Lipinski definition) is 6. The van der Waals surface area contributed by atoms with Gasteiger partial charge in [0.2, 0.25) is 0 Å². The molecule has 0 saturated carbocycles. The molecule has 0 aliphatic carbocycles. The predicted molar refractivity (Wildman–Crippen MR) is 127 cm³/mol. The summed E-state index contributed by atoms with van der Waals surface area (Å²) in [7, 11) is -2.17. The Kier molecular flexibility index (Phi) is 7.36. The van der Waals surface area contributed by atoms with Gasteiger partial charge in [-0.25, -0.2) is 13.9 Å². The van der Waals surface area contributed by atoms with E-state index >= 15 is 0 Å². The Labute approximate surface area is 192 Å². The summed E-state index contributed by atoms with van der Waals surface area (Å²) in [6.07, 6.45) is 3.18. The minimum atomic E-state index is -3.84. The summed E-state index contributed by atoms with van der Waals surface area (Å²) >= 11 is 0. The van der Waals surface area contributed by atoms with Crippen molar-refractivity contribution in [3.05, 3.63) is 70.6 Å². The number of benzene rings is 2. The monoisotopic (exact) mass is 472 g/mol. The molecule has 0 aliphatic rings. The Morgan fingerprint density at radius 2 is 1.79 bits per heavy atom. The number of aryl methyl sites for hydroxylation is 1. The summed E-state index contributed by atoms with van der Waals surface area (Å²) in [6, 6.07) is 15.5. The molecule has 1 atom stereocenters. The number of nitrogens with zero attached hydrogens (tertiary/aromatic N) is 1. The fourth-order valence-electron chi connectivity index (χ4n) is 3.65. The quantitative estimate of drug-likeness (QED) is 0.365. The molecule has 0 radical (unpaired) electrons. The fraction of sp³-hybridized carbons (Fsp3) is 0.333. The normalized spacial score (nSPS) is 13.6. The lowest BCUT2D eigenvalue weighted by Crippen LogP contribution is -2.49. The summed E-state index contributed by atoms with van der Waals surface area (Å²) in [6.45, 7) is 1.89. The molecule has 8 nitrogen and oxygen atoms in total. The number of fused-ring (bicyclic) bond motifs is 1. The van der Waals surface area contributed by atoms with E-state index in [4.69, 9.17) is 9.94 Å². The van der Waals surface area contributed by atoms with E-state index in [0.717, 1.165) is 29.2 Å². The van der Waals surface area contributed by atoms with Crippen molar-refractivity contribution < 1.29 is 23.2 Å². The summed E-state index contributed by atoms with van der Waals surface area (Å²) < 4.78 is 28.9. The zero-order valence-electron chi connectivity index (χ0n) is 18.9. The van der Waals surface area contributed by atoms with Gasteiger partial charge >= 0.3 is 0 Å². The zero-order valence-corrected chi connectivity index (χ0v) is 19.7. The van der Waals surface area contributed by atoms with E-state index in [1.165, 1.54) is 22.5 Å². The third-order valence-electron chi connectivity index (χ3n) is 6.09. The van der Waals surface area contributed by atoms with Crippen molar-refractivity contribution in [1.82, 2.24) is 10.0 Å². The number of hydrogen-bond donors (Lipinski definition) is 2. The van der Waals surface area contributed by atoms with E-state index in [1.807, 2.05) is 24.3 Å². The summed E-state index contributed by atoms with van der Waals surface area (Å²) in [4.78, 5) is 25.0. The lowest BCUT2D eigenvalue weighted by Gasteiger charge is -2.25. The molecule has 176 valence electrons. The van der Waals surface area contributed by atoms with E-state index in [0.29, 0.717) is 12.0 Å². The van der Waals surface area contributed by atoms with E-state index < -0.39 is 20.5 Å². The van der Waals surface area contributed by atoms with Crippen molar-refractivity contribution in [2.75, 3.05) is 20.0 Å². The Hall–Kier alpha value is -3.01. The zero-order chi connectivity index (χ0) is 24.2. The Balaban J connectivity index is 1.87. The molecule has 2 N–H and O–H groups in total. The molecule has 1 amide bonds. The first-order chi connectivity index (χ1) is 15.6. The molecule has 1 heterocycles. The maximum Gasteiger partial charge on any atom is 0.264 e. The molecule has 0 saturated heterocycles. The van der Waals surface area contributed by atoms with Crippen molar-refractivity contribution in [2.24, 2.45) is 0 Å². The molecular weight excluding hydrogens is 444 g/mol. The van der Waals surface area contributed by atoms with Crippen molar-refractivity contribution in [1.29, 1.82) is 0 Å². The van der Waals surface area contributed by atoms with Crippen LogP contribution in [0.2, 0.25) is 0 Å². The van der Waals surface area contributed by atoms with Gasteiger partial charge in [-0.05, 0) is 60.0 Å². The highest BCUT2D eigenvalue weighted by atomic mass is 32.2. The highest BCUT2D eigenvalue weighted by Gasteiger charge is 2.43. The van der Waals surface area contributed by atoms with Crippen LogP contribution in [-0.4, -0.2) is 48.8 Å². The number of ether oxygens (including phenoxy) is 1. The van der Waals surface area contributed by atoms with E-state index in [9.17, 15) is 18.0 Å². The SMILES string of the molecule is COCCc1ccc(-c2ccc3c(=O)n(CC[C@](C)(C(=O)NO)S(C)(=O)=O)ccc3c2)cc1. The topological polar surface area (TPSA) is 115 Å². The van der Waals surface area contributed by atoms with Crippen LogP contribution in [0.5, 0.6) is 0 Å². The van der Waals surface area contributed by atoms with Gasteiger partial charge in [-0.1, -0.05) is 30.3 Å². The van der Waals surface area contributed by atoms with Crippen molar-refractivity contribution >= 4 is 26.5 Å². The number of amides is 1. The van der Waals surface area contributed by atoms with Crippen LogP contribution < -0.4 is 11.0 Å². The standard InChI is InChI=1S/C24H28N2O6S/c1-24(23(28)25-29,33(3,30)31)12-14-26-13-10-20-16-19(8-9-21(20)22(26)27)18-6-4-17(5-7-18)11-15-32-2/h4-10,13,16,29H,11-12,14-15H2,1-3H3,(H,25,28)/t24-/m1/s1. The minimum Gasteiger partial charge on any atom is -0.384 e. The van der Waals surface area contributed by atoms with Crippen molar-refractivity contribution in [3.63, 3.8) is 0 Å². The second-order valence-electron chi connectivity index (χ2n) is 8.25. The Bertz CT molecular complexity index is 1320. The fourth-order valence-corrected chi connectivity index (χ4v) is 4.49. The molecule has 0 fully saturated rings. The maximum atomic E-state index is 13.0. The van der Waals surface area contributed by atoms with Gasteiger partial charge in [0.1, 0.15) is 0 Å². The lowest BCUT2D eigenvalue weighted by atomic mass is 10.0. The molecule has 0 aliphatic heterocycles. The van der Waals surface area contributed by atoms with Gasteiger partial charge in [0, 0.05) is 31.5 Å². The molecule has 9 heteroatoms. The van der Waals surface area contributed by atoms with Crippen LogP contribution in [0.4, 0.5) is 0 Å². The molecule has 0 spiro atoms. The molecule has 0 bridgehead atoms. The van der Waals surface area contributed by atoms with Gasteiger partial charge in [-0.2, -0.15) is 0 Å². The van der Waals surface area contributed by atoms with Crippen LogP contribution in [0.1, 0.15) is 18.9 Å². The molecular formula is C24H28N2O6S. The van der Waals surface area contributed by atoms with Crippen molar-refractivity contribution in [3.8, 4) is 11.1 Å². The maximum absolute atomic E-state index is 13.0. The van der Waals surface area contributed by atoms with Crippen LogP contribution in [0.3, 0.4) is 0 Å². The lowest BCUT2D eigenvalue weighted by molar-refractivity contribution is -0.131. The largest absolute Gasteiger partial charge is 0.384 e. The van der Waals surface area contributed by atoms with Crippen LogP contribution in [0.25, 0.3) is 21.9 Å². The predicted octanol–water partition coefficient (Wildman–Crippen LogP) is 2.56. The van der Waals surface area contributed by atoms with Gasteiger partial charge in [0.25, 0.3) is 11.5 Å². The van der Waals surface area contributed by atoms with Crippen molar-refractivity contribution in [2.45, 2.75) is 31.1 Å². The van der Waals surface area contributed by atoms with Crippen LogP contribution in [-0.2, 0) is 32.3 Å². The second-order valence-corrected chi connectivity index (χ2v) is 10.7. The average molecular weight is 473 g/mol. The highest BCUT2D eigenvalue weighted by molar-refractivity contribution is 7.92. The van der Waals surface area contributed by atoms with Crippen LogP contribution in [0, 0.1) is 0 Å².